The van der Waals surface area contributed by atoms with Gasteiger partial charge in [-0.15, -0.1) is 0 Å². The maximum Gasteiger partial charge on any atom is 0.340 e. The third kappa shape index (κ3) is 7.00. The largest absolute Gasteiger partial charge is 0.465 e. The van der Waals surface area contributed by atoms with Gasteiger partial charge < -0.3 is 4.74 Å². The van der Waals surface area contributed by atoms with E-state index < -0.39 is 35.0 Å². The Balaban J connectivity index is 1.89. The number of rotatable bonds is 7. The van der Waals surface area contributed by atoms with E-state index in [0.29, 0.717) is 22.3 Å². The van der Waals surface area contributed by atoms with Gasteiger partial charge in [0.25, 0.3) is 6.43 Å². The Kier molecular flexibility index (Phi) is 10.4. The number of nitrogens with zero attached hydrogens (tertiary/aromatic N) is 3. The lowest BCUT2D eigenvalue weighted by Crippen LogP contribution is -2.09. The van der Waals surface area contributed by atoms with Crippen LogP contribution >= 0.6 is 11.6 Å². The van der Waals surface area contributed by atoms with Crippen LogP contribution in [0.3, 0.4) is 0 Å². The molecule has 0 fully saturated rings. The van der Waals surface area contributed by atoms with Crippen LogP contribution in [0.5, 0.6) is 0 Å². The zero-order valence-electron chi connectivity index (χ0n) is 25.3. The summed E-state index contributed by atoms with van der Waals surface area (Å²) in [5.74, 6) is -2.42. The topological polar surface area (TPSA) is 85.0 Å². The average Bonchev–Trinajstić information content (AvgIpc) is 3.15. The van der Waals surface area contributed by atoms with Crippen LogP contribution in [0.25, 0.3) is 33.5 Å². The summed E-state index contributed by atoms with van der Waals surface area (Å²) in [6.45, 7) is 1.61. The van der Waals surface area contributed by atoms with Crippen molar-refractivity contribution in [3.63, 3.8) is 0 Å². The maximum atomic E-state index is 15.1. The Morgan fingerprint density at radius 3 is 2.40 bits per heavy atom. The fraction of sp³-hybridized carbons (Fsp3) is 0.0833. The number of carbonyl (C=O) groups is 1. The Morgan fingerprint density at radius 2 is 1.71 bits per heavy atom. The normalized spacial score (nSPS) is 11.5. The van der Waals surface area contributed by atoms with Crippen LogP contribution in [0.1, 0.15) is 33.5 Å². The molecule has 0 spiro atoms. The minimum Gasteiger partial charge on any atom is -0.465 e. The fourth-order valence-corrected chi connectivity index (χ4v) is 6.48. The lowest BCUT2D eigenvalue weighted by atomic mass is 9.93. The third-order valence-electron chi connectivity index (χ3n) is 7.32. The average molecular weight is 690 g/mol. The number of alkyl halides is 2. The summed E-state index contributed by atoms with van der Waals surface area (Å²) < 4.78 is 77.2. The quantitative estimate of drug-likeness (QED) is 0.126. The molecule has 0 N–H and O–H groups in total. The van der Waals surface area contributed by atoms with E-state index in [4.69, 9.17) is 11.6 Å². The van der Waals surface area contributed by atoms with Gasteiger partial charge in [0.15, 0.2) is 11.0 Å². The number of benzene rings is 3. The lowest BCUT2D eigenvalue weighted by Gasteiger charge is -2.19. The summed E-state index contributed by atoms with van der Waals surface area (Å²) in [5.41, 5.74) is 1.68. The van der Waals surface area contributed by atoms with Gasteiger partial charge in [0.05, 0.1) is 34.9 Å². The molecule has 6 nitrogen and oxygen atoms in total. The molecule has 242 valence electrons. The molecule has 0 radical (unpaired) electrons. The summed E-state index contributed by atoms with van der Waals surface area (Å²) in [6, 6.07) is 21.1. The smallest absolute Gasteiger partial charge is 0.340 e. The van der Waals surface area contributed by atoms with Gasteiger partial charge in [-0.2, -0.15) is 5.26 Å². The number of pyridine rings is 1. The van der Waals surface area contributed by atoms with E-state index in [-0.39, 0.29) is 43.4 Å². The molecule has 0 saturated carbocycles. The van der Waals surface area contributed by atoms with E-state index in [1.165, 1.54) is 52.9 Å². The van der Waals surface area contributed by atoms with Crippen LogP contribution in [-0.2, 0) is 15.7 Å². The van der Waals surface area contributed by atoms with Crippen molar-refractivity contribution in [3.05, 3.63) is 142 Å². The molecule has 0 bridgehead atoms. The van der Waals surface area contributed by atoms with Crippen LogP contribution in [0.4, 0.5) is 17.6 Å². The minimum absolute atomic E-state index is 0.0402. The first kappa shape index (κ1) is 34.0. The number of aromatic nitrogens is 2. The summed E-state index contributed by atoms with van der Waals surface area (Å²) in [7, 11) is -1.01. The number of carbonyl (C=O) groups excluding carboxylic acids is 1. The first-order chi connectivity index (χ1) is 23.0. The van der Waals surface area contributed by atoms with Crippen molar-refractivity contribution in [1.29, 1.82) is 5.26 Å². The van der Waals surface area contributed by atoms with Crippen LogP contribution in [0.2, 0.25) is 5.02 Å². The van der Waals surface area contributed by atoms with Crippen molar-refractivity contribution in [2.24, 2.45) is 0 Å². The standard InChI is InChI=1S/C36H24ClF4N3O3S/c1-21-15-26(38)7-4-14-44(48(46)27-10-8-22(9-11-27)35(40)41)34(33(21)30-20-43-13-12-25(30)19-42)24-6-3-5-23(16-24)28-18-32(39)29(17-31(28)37)36(45)47-2/h3-18,20,35H,1-2H3. The number of esters is 1. The van der Waals surface area contributed by atoms with Gasteiger partial charge in [-0.1, -0.05) is 41.9 Å². The number of methoxy groups -OCH3 is 1. The molecule has 3 aromatic carbocycles. The Labute approximate surface area is 280 Å². The highest BCUT2D eigenvalue weighted by atomic mass is 35.5. The number of nitriles is 1. The van der Waals surface area contributed by atoms with Gasteiger partial charge in [-0.25, -0.2) is 26.6 Å². The zero-order chi connectivity index (χ0) is 34.5. The number of ether oxygens (including phenoxy) is 1. The third-order valence-corrected chi connectivity index (χ3v) is 8.96. The van der Waals surface area contributed by atoms with Gasteiger partial charge >= 0.3 is 5.97 Å². The van der Waals surface area contributed by atoms with Crippen LogP contribution < -0.4 is 0 Å². The molecule has 0 amide bonds. The van der Waals surface area contributed by atoms with Gasteiger partial charge in [-0.05, 0) is 72.6 Å². The van der Waals surface area contributed by atoms with Crippen molar-refractivity contribution in [1.82, 2.24) is 8.96 Å². The van der Waals surface area contributed by atoms with Crippen molar-refractivity contribution in [2.75, 3.05) is 7.11 Å². The van der Waals surface area contributed by atoms with E-state index in [1.54, 1.807) is 31.2 Å². The first-order valence-corrected chi connectivity index (χ1v) is 15.6. The molecule has 12 heteroatoms. The molecule has 5 aromatic rings. The second kappa shape index (κ2) is 14.6. The molecule has 0 aliphatic rings. The van der Waals surface area contributed by atoms with Gasteiger partial charge in [-0.3, -0.25) is 8.96 Å². The predicted molar refractivity (Wildman–Crippen MR) is 175 cm³/mol. The second-order valence-electron chi connectivity index (χ2n) is 10.3. The van der Waals surface area contributed by atoms with Crippen LogP contribution in [0, 0.1) is 29.9 Å². The molecule has 2 heterocycles. The lowest BCUT2D eigenvalue weighted by molar-refractivity contribution is 0.0595. The molecule has 0 aliphatic carbocycles. The first-order valence-electron chi connectivity index (χ1n) is 14.1. The number of hydrogen-bond acceptors (Lipinski definition) is 5. The molecule has 0 saturated heterocycles. The molecule has 2 aromatic heterocycles. The molecule has 1 unspecified atom stereocenters. The van der Waals surface area contributed by atoms with Crippen LogP contribution in [-0.4, -0.2) is 26.2 Å². The maximum absolute atomic E-state index is 15.1. The molecular formula is C36H24ClF4N3O3S. The summed E-state index contributed by atoms with van der Waals surface area (Å²) in [6.07, 6.45) is 1.48. The summed E-state index contributed by atoms with van der Waals surface area (Å²) in [5, 5.41) is 10.1. The highest BCUT2D eigenvalue weighted by Crippen LogP contribution is 2.39. The van der Waals surface area contributed by atoms with Gasteiger partial charge in [0, 0.05) is 51.4 Å². The number of halogens is 5. The second-order valence-corrected chi connectivity index (χ2v) is 12.1. The predicted octanol–water partition coefficient (Wildman–Crippen LogP) is 9.42. The van der Waals surface area contributed by atoms with Crippen molar-refractivity contribution < 1.29 is 31.3 Å². The Morgan fingerprint density at radius 1 is 0.979 bits per heavy atom. The highest BCUT2D eigenvalue weighted by Gasteiger charge is 2.22. The zero-order valence-corrected chi connectivity index (χ0v) is 26.8. The van der Waals surface area contributed by atoms with E-state index >= 15 is 8.78 Å². The molecule has 48 heavy (non-hydrogen) atoms. The SMILES string of the molecule is COC(=O)c1cc(Cl)c(-c2cccc(-c3c(-c4cnccc4C#N)c(C)cc(F)cccn3S(=O)c3ccc(C(F)F)cc3)c2)cc1F. The van der Waals surface area contributed by atoms with E-state index in [0.717, 1.165) is 37.4 Å². The number of hydrogen-bond donors (Lipinski definition) is 0. The summed E-state index contributed by atoms with van der Waals surface area (Å²) in [4.78, 5) is 16.4. The van der Waals surface area contributed by atoms with Crippen LogP contribution in [0.15, 0.2) is 108 Å². The monoisotopic (exact) mass is 689 g/mol. The molecule has 5 rings (SSSR count). The molecular weight excluding hydrogens is 666 g/mol. The van der Waals surface area contributed by atoms with Gasteiger partial charge in [0.1, 0.15) is 11.6 Å². The van der Waals surface area contributed by atoms with E-state index in [2.05, 4.69) is 15.8 Å². The van der Waals surface area contributed by atoms with Crippen molar-refractivity contribution >= 4 is 28.6 Å². The molecule has 1 atom stereocenters. The Bertz CT molecular complexity index is 2160. The van der Waals surface area contributed by atoms with Crippen molar-refractivity contribution in [3.8, 4) is 39.6 Å². The van der Waals surface area contributed by atoms with Gasteiger partial charge in [0.2, 0.25) is 0 Å². The summed E-state index contributed by atoms with van der Waals surface area (Å²) >= 11 is 6.53. The van der Waals surface area contributed by atoms with E-state index in [1.807, 2.05) is 0 Å². The Hall–Kier alpha value is -5.31. The molecule has 0 aliphatic heterocycles. The van der Waals surface area contributed by atoms with E-state index in [9.17, 15) is 23.0 Å². The fourth-order valence-electron chi connectivity index (χ4n) is 5.06. The highest BCUT2D eigenvalue weighted by molar-refractivity contribution is 7.83. The number of aryl methyl sites for hydroxylation is 1. The minimum atomic E-state index is -2.74. The van der Waals surface area contributed by atoms with Crippen molar-refractivity contribution in [2.45, 2.75) is 18.2 Å².